The Morgan fingerprint density at radius 2 is 2.22 bits per heavy atom. The lowest BCUT2D eigenvalue weighted by Crippen LogP contribution is -2.13. The highest BCUT2D eigenvalue weighted by atomic mass is 16.6. The van der Waals surface area contributed by atoms with Crippen LogP contribution in [-0.4, -0.2) is 24.9 Å². The van der Waals surface area contributed by atoms with Crippen molar-refractivity contribution in [3.05, 3.63) is 6.92 Å². The first-order chi connectivity index (χ1) is 4.36. The van der Waals surface area contributed by atoms with Gasteiger partial charge in [-0.2, -0.15) is 0 Å². The number of hydrogen-bond acceptors (Lipinski definition) is 2. The molecule has 2 nitrogen and oxygen atoms in total. The van der Waals surface area contributed by atoms with Crippen molar-refractivity contribution in [1.82, 2.24) is 0 Å². The summed E-state index contributed by atoms with van der Waals surface area (Å²) in [4.78, 5) is 0. The van der Waals surface area contributed by atoms with Crippen molar-refractivity contribution in [3.8, 4) is 0 Å². The fourth-order valence-electron chi connectivity index (χ4n) is 1.57. The molecule has 3 atom stereocenters. The zero-order valence-corrected chi connectivity index (χ0v) is 5.38. The fraction of sp³-hybridized carbons (Fsp3) is 0.857. The first kappa shape index (κ1) is 5.69. The Morgan fingerprint density at radius 1 is 1.33 bits per heavy atom. The number of hydrogen-bond donors (Lipinski definition) is 0. The molecule has 51 valence electrons. The standard InChI is InChI=1S/C7H11O2/c1-5-4-7-6(9-5)2-3-8-7/h5-7H,1-4H2. The molecule has 2 aliphatic heterocycles. The minimum Gasteiger partial charge on any atom is -0.375 e. The van der Waals surface area contributed by atoms with Gasteiger partial charge < -0.3 is 9.47 Å². The van der Waals surface area contributed by atoms with Crippen LogP contribution in [0.2, 0.25) is 0 Å². The van der Waals surface area contributed by atoms with E-state index in [1.807, 2.05) is 0 Å². The van der Waals surface area contributed by atoms with Crippen LogP contribution in [0.15, 0.2) is 0 Å². The van der Waals surface area contributed by atoms with Gasteiger partial charge in [0.1, 0.15) is 0 Å². The van der Waals surface area contributed by atoms with Crippen LogP contribution in [-0.2, 0) is 9.47 Å². The summed E-state index contributed by atoms with van der Waals surface area (Å²) in [6.45, 7) is 4.69. The quantitative estimate of drug-likeness (QED) is 0.478. The maximum absolute atomic E-state index is 5.45. The zero-order valence-electron chi connectivity index (χ0n) is 5.38. The van der Waals surface area contributed by atoms with E-state index in [4.69, 9.17) is 9.47 Å². The molecular weight excluding hydrogens is 116 g/mol. The summed E-state index contributed by atoms with van der Waals surface area (Å²) in [5.41, 5.74) is 0. The van der Waals surface area contributed by atoms with Crippen LogP contribution < -0.4 is 0 Å². The molecule has 0 spiro atoms. The topological polar surface area (TPSA) is 18.5 Å². The SMILES string of the molecule is [CH2]C1CC2OCCC2O1. The summed E-state index contributed by atoms with van der Waals surface area (Å²) < 4.78 is 10.8. The van der Waals surface area contributed by atoms with Crippen molar-refractivity contribution in [1.29, 1.82) is 0 Å². The Morgan fingerprint density at radius 3 is 3.00 bits per heavy atom. The molecule has 2 heteroatoms. The molecule has 2 fully saturated rings. The first-order valence-corrected chi connectivity index (χ1v) is 3.46. The Bertz CT molecular complexity index is 101. The molecule has 0 N–H and O–H groups in total. The molecule has 2 rings (SSSR count). The second kappa shape index (κ2) is 1.96. The molecule has 0 aliphatic carbocycles. The average molecular weight is 127 g/mol. The predicted molar refractivity (Wildman–Crippen MR) is 33.0 cm³/mol. The van der Waals surface area contributed by atoms with Gasteiger partial charge in [-0.3, -0.25) is 0 Å². The molecule has 2 saturated heterocycles. The van der Waals surface area contributed by atoms with Crippen molar-refractivity contribution < 1.29 is 9.47 Å². The van der Waals surface area contributed by atoms with E-state index in [9.17, 15) is 0 Å². The van der Waals surface area contributed by atoms with Gasteiger partial charge in [0.15, 0.2) is 0 Å². The van der Waals surface area contributed by atoms with E-state index in [2.05, 4.69) is 6.92 Å². The van der Waals surface area contributed by atoms with Crippen molar-refractivity contribution in [2.24, 2.45) is 0 Å². The molecule has 2 heterocycles. The Labute approximate surface area is 55.1 Å². The van der Waals surface area contributed by atoms with Gasteiger partial charge in [0, 0.05) is 13.0 Å². The van der Waals surface area contributed by atoms with Gasteiger partial charge in [-0.25, -0.2) is 0 Å². The molecule has 0 aromatic heterocycles. The second-order valence-corrected chi connectivity index (χ2v) is 2.73. The van der Waals surface area contributed by atoms with Crippen molar-refractivity contribution in [3.63, 3.8) is 0 Å². The van der Waals surface area contributed by atoms with Crippen LogP contribution in [0.25, 0.3) is 0 Å². The highest BCUT2D eigenvalue weighted by Gasteiger charge is 2.37. The lowest BCUT2D eigenvalue weighted by Gasteiger charge is -2.04. The van der Waals surface area contributed by atoms with E-state index in [-0.39, 0.29) is 6.10 Å². The lowest BCUT2D eigenvalue weighted by molar-refractivity contribution is 0.0555. The minimum absolute atomic E-state index is 0.181. The van der Waals surface area contributed by atoms with E-state index in [0.717, 1.165) is 19.4 Å². The molecule has 0 aromatic rings. The summed E-state index contributed by atoms with van der Waals surface area (Å²) in [7, 11) is 0. The molecule has 0 saturated carbocycles. The number of ether oxygens (including phenoxy) is 2. The van der Waals surface area contributed by atoms with E-state index in [1.54, 1.807) is 0 Å². The summed E-state index contributed by atoms with van der Waals surface area (Å²) in [5.74, 6) is 0. The van der Waals surface area contributed by atoms with Gasteiger partial charge in [-0.15, -0.1) is 0 Å². The molecule has 2 aliphatic rings. The molecule has 9 heavy (non-hydrogen) atoms. The Balaban J connectivity index is 2.02. The van der Waals surface area contributed by atoms with E-state index < -0.39 is 0 Å². The third-order valence-electron chi connectivity index (χ3n) is 2.01. The van der Waals surface area contributed by atoms with Crippen LogP contribution in [0.1, 0.15) is 12.8 Å². The molecule has 0 bridgehead atoms. The maximum atomic E-state index is 5.45. The van der Waals surface area contributed by atoms with Crippen molar-refractivity contribution in [2.75, 3.05) is 6.61 Å². The van der Waals surface area contributed by atoms with Crippen molar-refractivity contribution in [2.45, 2.75) is 31.2 Å². The first-order valence-electron chi connectivity index (χ1n) is 3.46. The second-order valence-electron chi connectivity index (χ2n) is 2.73. The highest BCUT2D eigenvalue weighted by molar-refractivity contribution is 4.87. The monoisotopic (exact) mass is 127 g/mol. The lowest BCUT2D eigenvalue weighted by atomic mass is 10.1. The smallest absolute Gasteiger partial charge is 0.0863 e. The fourth-order valence-corrected chi connectivity index (χ4v) is 1.57. The van der Waals surface area contributed by atoms with Gasteiger partial charge in [0.25, 0.3) is 0 Å². The van der Waals surface area contributed by atoms with Gasteiger partial charge in [-0.1, -0.05) is 0 Å². The summed E-state index contributed by atoms with van der Waals surface area (Å²) >= 11 is 0. The number of fused-ring (bicyclic) bond motifs is 1. The van der Waals surface area contributed by atoms with Crippen LogP contribution in [0, 0.1) is 6.92 Å². The Hall–Kier alpha value is -0.0800. The Kier molecular flexibility index (Phi) is 1.24. The van der Waals surface area contributed by atoms with Crippen LogP contribution >= 0.6 is 0 Å². The molecule has 1 radical (unpaired) electrons. The summed E-state index contributed by atoms with van der Waals surface area (Å²) in [6.07, 6.45) is 2.97. The summed E-state index contributed by atoms with van der Waals surface area (Å²) in [5, 5.41) is 0. The van der Waals surface area contributed by atoms with Crippen LogP contribution in [0.4, 0.5) is 0 Å². The van der Waals surface area contributed by atoms with Gasteiger partial charge in [0.05, 0.1) is 18.3 Å². The molecule has 0 aromatic carbocycles. The van der Waals surface area contributed by atoms with Crippen molar-refractivity contribution >= 4 is 0 Å². The van der Waals surface area contributed by atoms with Gasteiger partial charge >= 0.3 is 0 Å². The zero-order chi connectivity index (χ0) is 6.27. The van der Waals surface area contributed by atoms with E-state index in [1.165, 1.54) is 0 Å². The molecular formula is C7H11O2. The number of rotatable bonds is 0. The predicted octanol–water partition coefficient (Wildman–Crippen LogP) is 0.767. The summed E-state index contributed by atoms with van der Waals surface area (Å²) in [6, 6.07) is 0. The molecule has 0 amide bonds. The third kappa shape index (κ3) is 0.864. The van der Waals surface area contributed by atoms with Gasteiger partial charge in [-0.05, 0) is 13.3 Å². The van der Waals surface area contributed by atoms with Crippen LogP contribution in [0.3, 0.4) is 0 Å². The third-order valence-corrected chi connectivity index (χ3v) is 2.01. The maximum Gasteiger partial charge on any atom is 0.0863 e. The normalized spacial score (nSPS) is 49.7. The van der Waals surface area contributed by atoms with E-state index >= 15 is 0 Å². The average Bonchev–Trinajstić information content (AvgIpc) is 2.22. The van der Waals surface area contributed by atoms with E-state index in [0.29, 0.717) is 12.2 Å². The van der Waals surface area contributed by atoms with Crippen LogP contribution in [0.5, 0.6) is 0 Å². The molecule has 3 unspecified atom stereocenters. The van der Waals surface area contributed by atoms with Gasteiger partial charge in [0.2, 0.25) is 0 Å². The largest absolute Gasteiger partial charge is 0.375 e. The highest BCUT2D eigenvalue weighted by Crippen LogP contribution is 2.29. The minimum atomic E-state index is 0.181.